The van der Waals surface area contributed by atoms with Crippen molar-refractivity contribution in [1.29, 1.82) is 0 Å². The second kappa shape index (κ2) is 31.7. The molecule has 0 radical (unpaired) electrons. The Kier molecular flexibility index (Phi) is 24.3. The maximum atomic E-state index is 11.8. The number of thiocarbonyl (C=S) groups is 1. The maximum Gasteiger partial charge on any atom is 0.278 e. The van der Waals surface area contributed by atoms with Crippen LogP contribution in [0.25, 0.3) is 61.2 Å². The van der Waals surface area contributed by atoms with E-state index in [1.807, 2.05) is 37.5 Å². The number of pyridine rings is 1. The molecule has 0 bridgehead atoms. The third-order valence-electron chi connectivity index (χ3n) is 13.2. The fourth-order valence-corrected chi connectivity index (χ4v) is 9.64. The largest absolute Gasteiger partial charge is 0.477 e. The summed E-state index contributed by atoms with van der Waals surface area (Å²) in [5.74, 6) is 3.03. The zero-order chi connectivity index (χ0) is 66.4. The molecule has 10 aromatic rings. The number of fused-ring (bicyclic) bond motifs is 4. The van der Waals surface area contributed by atoms with Gasteiger partial charge in [0.15, 0.2) is 11.6 Å². The average Bonchev–Trinajstić information content (AvgIpc) is 1.76. The van der Waals surface area contributed by atoms with Gasteiger partial charge in [-0.3, -0.25) is 14.3 Å². The first-order valence-electron chi connectivity index (χ1n) is 26.7. The minimum absolute atomic E-state index is 0.0752. The summed E-state index contributed by atoms with van der Waals surface area (Å²) in [6.07, 6.45) is 3.41. The summed E-state index contributed by atoms with van der Waals surface area (Å²) in [6, 6.07) is 10.6. The summed E-state index contributed by atoms with van der Waals surface area (Å²) in [4.78, 5) is 51.7. The van der Waals surface area contributed by atoms with Crippen LogP contribution in [0.3, 0.4) is 0 Å². The zero-order valence-electron chi connectivity index (χ0n) is 52.0. The fourth-order valence-electron chi connectivity index (χ4n) is 8.63. The fraction of sp³-hybridized carbons (Fsp3) is 0.305. The lowest BCUT2D eigenvalue weighted by Crippen LogP contribution is -2.18. The van der Waals surface area contributed by atoms with Crippen molar-refractivity contribution in [2.75, 3.05) is 108 Å². The predicted molar refractivity (Wildman–Crippen MR) is 351 cm³/mol. The Bertz CT molecular complexity index is 4190. The van der Waals surface area contributed by atoms with Crippen LogP contribution in [0.5, 0.6) is 47.0 Å². The highest BCUT2D eigenvalue weighted by Crippen LogP contribution is 2.40. The smallest absolute Gasteiger partial charge is 0.278 e. The molecule has 4 N–H and O–H groups in total. The number of methoxy groups -OCH3 is 11. The summed E-state index contributed by atoms with van der Waals surface area (Å²) in [6.45, 7) is 7.84. The number of benzene rings is 4. The van der Waals surface area contributed by atoms with Gasteiger partial charge in [0, 0.05) is 59.4 Å². The lowest BCUT2D eigenvalue weighted by molar-refractivity contribution is -0.119. The van der Waals surface area contributed by atoms with Gasteiger partial charge in [0.1, 0.15) is 40.3 Å². The number of rotatable bonds is 18. The van der Waals surface area contributed by atoms with E-state index in [2.05, 4.69) is 65.7 Å². The molecule has 0 aliphatic carbocycles. The standard InChI is InChI=1S/C20H19ClN6O3.C14H16ClN3O4.C14H16ClN3O3S.C11H12ClN3O2/c1-11-13(21)8-14-16(24-20(30-4)19(23-14)29-3)17(11)27-15(10-28-2)25-26-18(27)12-6-5-7-22-9-12;1-7-8(15)5-9-12(11(7)17-10(19)6-20-2)18-14(22-4)13(16-9)21-3;1-7-8(15)5-9-12(11(7)17-10(22)6-19-2)18-14(21-4)13(16-9)20-3;1-5-6(12)4-7-9(8(5)13)15-11(17-3)10(14-7)16-2/h5-9H,10H2,1-4H3;5H,6H2,1-4H3,(H,17,19);5H,6H2,1-4H3,(H,17,22);4H,13H2,1-3H3. The summed E-state index contributed by atoms with van der Waals surface area (Å²) >= 11 is 30.3. The average molecular weight is 1350 g/mol. The summed E-state index contributed by atoms with van der Waals surface area (Å²) in [7, 11) is 16.6. The van der Waals surface area contributed by atoms with Crippen LogP contribution in [0.15, 0.2) is 48.8 Å². The highest BCUT2D eigenvalue weighted by Gasteiger charge is 2.25. The number of carbonyl (C=O) groups excluding carboxylic acids is 1. The van der Waals surface area contributed by atoms with E-state index in [9.17, 15) is 4.79 Å². The molecule has 1 amide bonds. The normalized spacial score (nSPS) is 10.8. The second-order valence-corrected chi connectivity index (χ2v) is 20.9. The molecule has 0 saturated carbocycles. The minimum Gasteiger partial charge on any atom is -0.477 e. The van der Waals surface area contributed by atoms with Crippen LogP contribution in [0.2, 0.25) is 20.1 Å². The maximum absolute atomic E-state index is 11.8. The highest BCUT2D eigenvalue weighted by atomic mass is 35.5. The van der Waals surface area contributed by atoms with Crippen LogP contribution in [0.4, 0.5) is 17.1 Å². The second-order valence-electron chi connectivity index (χ2n) is 18.8. The number of anilines is 3. The quantitative estimate of drug-likeness (QED) is 0.0531. The van der Waals surface area contributed by atoms with Gasteiger partial charge in [-0.1, -0.05) is 58.6 Å². The van der Waals surface area contributed by atoms with Crippen molar-refractivity contribution in [3.05, 3.63) is 97.0 Å². The van der Waals surface area contributed by atoms with Gasteiger partial charge in [-0.05, 0) is 86.3 Å². The number of nitrogen functional groups attached to an aromatic ring is 1. The summed E-state index contributed by atoms with van der Waals surface area (Å²) in [5.41, 5.74) is 16.5. The molecule has 91 heavy (non-hydrogen) atoms. The first-order valence-corrected chi connectivity index (χ1v) is 28.6. The van der Waals surface area contributed by atoms with Crippen molar-refractivity contribution in [3.63, 3.8) is 0 Å². The van der Waals surface area contributed by atoms with Crippen LogP contribution in [-0.2, 0) is 25.6 Å². The molecule has 6 heterocycles. The number of ether oxygens (including phenoxy) is 11. The molecule has 0 aliphatic rings. The number of carbonyl (C=O) groups is 1. The number of nitrogens with one attached hydrogen (secondary N) is 2. The minimum atomic E-state index is -0.314. The van der Waals surface area contributed by atoms with Crippen LogP contribution >= 0.6 is 58.6 Å². The van der Waals surface area contributed by atoms with E-state index >= 15 is 0 Å². The number of hydrogen-bond donors (Lipinski definition) is 3. The number of halogens is 4. The Morgan fingerprint density at radius 1 is 0.505 bits per heavy atom. The monoisotopic (exact) mass is 1350 g/mol. The van der Waals surface area contributed by atoms with Gasteiger partial charge in [0.2, 0.25) is 5.91 Å². The van der Waals surface area contributed by atoms with Crippen LogP contribution < -0.4 is 54.3 Å². The predicted octanol–water partition coefficient (Wildman–Crippen LogP) is 10.8. The Labute approximate surface area is 547 Å². The van der Waals surface area contributed by atoms with Gasteiger partial charge in [0.05, 0.1) is 108 Å². The molecule has 0 unspecified atom stereocenters. The van der Waals surface area contributed by atoms with E-state index in [1.165, 1.54) is 64.0 Å². The molecule has 4 aromatic carbocycles. The van der Waals surface area contributed by atoms with Crippen molar-refractivity contribution in [1.82, 2.24) is 59.6 Å². The molecule has 10 rings (SSSR count). The van der Waals surface area contributed by atoms with E-state index in [0.29, 0.717) is 133 Å². The number of nitrogens with two attached hydrogens (primary N) is 1. The van der Waals surface area contributed by atoms with E-state index in [4.69, 9.17) is 116 Å². The van der Waals surface area contributed by atoms with Gasteiger partial charge >= 0.3 is 0 Å². The van der Waals surface area contributed by atoms with Gasteiger partial charge in [-0.25, -0.2) is 39.9 Å². The number of hydrogen-bond acceptors (Lipinski definition) is 25. The Hall–Kier alpha value is -8.87. The van der Waals surface area contributed by atoms with E-state index in [-0.39, 0.29) is 48.5 Å². The van der Waals surface area contributed by atoms with Gasteiger partial charge in [0.25, 0.3) is 47.0 Å². The molecule has 0 atom stereocenters. The lowest BCUT2D eigenvalue weighted by atomic mass is 10.1. The van der Waals surface area contributed by atoms with E-state index in [0.717, 1.165) is 22.3 Å². The Morgan fingerprint density at radius 2 is 0.901 bits per heavy atom. The van der Waals surface area contributed by atoms with Crippen LogP contribution in [0.1, 0.15) is 28.1 Å². The molecular weight excluding hydrogens is 1280 g/mol. The SMILES string of the molecule is COCC(=O)Nc1c(C)c(Cl)cc2nc(OC)c(OC)nc12.COCC(=S)Nc1c(C)c(Cl)cc2nc(OC)c(OC)nc12.COCc1nnc(-c2cccnc2)n1-c1c(C)c(Cl)cc2nc(OC)c(OC)nc12.COc1nc2cc(Cl)c(C)c(N)c2nc1OC. The first kappa shape index (κ1) is 69.6. The molecule has 6 aromatic heterocycles. The number of nitrogens with zero attached hydrogens (tertiary/aromatic N) is 12. The zero-order valence-corrected chi connectivity index (χ0v) is 55.8. The first-order chi connectivity index (χ1) is 43.7. The Balaban J connectivity index is 0.000000176. The molecule has 0 spiro atoms. The van der Waals surface area contributed by atoms with Crippen LogP contribution in [-0.4, -0.2) is 162 Å². The lowest BCUT2D eigenvalue weighted by Gasteiger charge is -2.17. The third-order valence-corrected chi connectivity index (χ3v) is 15.0. The molecule has 0 aliphatic heterocycles. The molecule has 32 heteroatoms. The molecule has 0 fully saturated rings. The molecular formula is C59H63Cl4N15O12S. The van der Waals surface area contributed by atoms with E-state index in [1.54, 1.807) is 57.8 Å². The van der Waals surface area contributed by atoms with Crippen molar-refractivity contribution < 1.29 is 56.9 Å². The third kappa shape index (κ3) is 15.5. The van der Waals surface area contributed by atoms with Crippen molar-refractivity contribution in [2.45, 2.75) is 34.3 Å². The molecule has 27 nitrogen and oxygen atoms in total. The van der Waals surface area contributed by atoms with Crippen molar-refractivity contribution in [3.8, 4) is 64.1 Å². The van der Waals surface area contributed by atoms with Crippen molar-refractivity contribution in [2.24, 2.45) is 0 Å². The van der Waals surface area contributed by atoms with E-state index < -0.39 is 0 Å². The summed E-state index contributed by atoms with van der Waals surface area (Å²) < 4.78 is 58.5. The van der Waals surface area contributed by atoms with Crippen LogP contribution in [0, 0.1) is 27.7 Å². The van der Waals surface area contributed by atoms with Gasteiger partial charge in [-0.15, -0.1) is 10.2 Å². The van der Waals surface area contributed by atoms with Gasteiger partial charge < -0.3 is 68.5 Å². The molecule has 480 valence electrons. The molecule has 0 saturated heterocycles. The highest BCUT2D eigenvalue weighted by molar-refractivity contribution is 7.80. The Morgan fingerprint density at radius 3 is 1.33 bits per heavy atom. The van der Waals surface area contributed by atoms with Gasteiger partial charge in [-0.2, -0.15) is 0 Å². The topological polar surface area (TPSA) is 315 Å². The summed E-state index contributed by atoms with van der Waals surface area (Å²) in [5, 5.41) is 16.6. The van der Waals surface area contributed by atoms with Crippen molar-refractivity contribution >= 4 is 131 Å². The number of amides is 1. The number of aromatic nitrogens is 12.